The second kappa shape index (κ2) is 3.88. The number of nitrogens with zero attached hydrogens (tertiary/aromatic N) is 3. The monoisotopic (exact) mass is 210 g/mol. The topological polar surface area (TPSA) is 68.9 Å². The molecule has 2 rings (SSSR count). The molecule has 0 unspecified atom stereocenters. The molecule has 1 N–H and O–H groups in total. The van der Waals surface area contributed by atoms with Gasteiger partial charge in [-0.05, 0) is 12.8 Å². The molecule has 1 aliphatic carbocycles. The smallest absolute Gasteiger partial charge is 0.345 e. The summed E-state index contributed by atoms with van der Waals surface area (Å²) >= 11 is 0. The van der Waals surface area contributed by atoms with Crippen LogP contribution in [-0.2, 0) is 18.4 Å². The van der Waals surface area contributed by atoms with Crippen molar-refractivity contribution in [3.8, 4) is 0 Å². The Morgan fingerprint density at radius 3 is 2.93 bits per heavy atom. The van der Waals surface area contributed by atoms with Gasteiger partial charge in [-0.25, -0.2) is 9.48 Å². The Labute approximate surface area is 86.9 Å². The van der Waals surface area contributed by atoms with Crippen molar-refractivity contribution in [3.05, 3.63) is 16.8 Å². The maximum absolute atomic E-state index is 11.3. The van der Waals surface area contributed by atoms with E-state index in [-0.39, 0.29) is 11.6 Å². The molecule has 1 heterocycles. The number of carbonyl (C=O) groups is 1. The van der Waals surface area contributed by atoms with E-state index in [1.165, 1.54) is 15.6 Å². The molecule has 0 radical (unpaired) electrons. The molecule has 1 fully saturated rings. The molecule has 1 amide bonds. The Hall–Kier alpha value is -1.59. The first-order chi connectivity index (χ1) is 7.16. The fraction of sp³-hybridized carbons (Fsp3) is 0.667. The van der Waals surface area contributed by atoms with Crippen LogP contribution in [0.15, 0.2) is 11.1 Å². The zero-order valence-electron chi connectivity index (χ0n) is 8.64. The van der Waals surface area contributed by atoms with Gasteiger partial charge in [0.05, 0.1) is 6.54 Å². The van der Waals surface area contributed by atoms with E-state index in [0.717, 1.165) is 12.8 Å². The lowest BCUT2D eigenvalue weighted by molar-refractivity contribution is -0.121. The van der Waals surface area contributed by atoms with Gasteiger partial charge in [-0.15, -0.1) is 0 Å². The van der Waals surface area contributed by atoms with E-state index >= 15 is 0 Å². The van der Waals surface area contributed by atoms with Crippen molar-refractivity contribution >= 4 is 5.91 Å². The van der Waals surface area contributed by atoms with Gasteiger partial charge in [0.15, 0.2) is 0 Å². The van der Waals surface area contributed by atoms with Crippen molar-refractivity contribution in [2.45, 2.75) is 31.8 Å². The van der Waals surface area contributed by atoms with Gasteiger partial charge in [-0.2, -0.15) is 5.10 Å². The minimum atomic E-state index is -0.186. The van der Waals surface area contributed by atoms with E-state index in [4.69, 9.17) is 0 Å². The van der Waals surface area contributed by atoms with E-state index in [1.54, 1.807) is 7.05 Å². The molecule has 1 aromatic rings. The van der Waals surface area contributed by atoms with Crippen LogP contribution in [0.5, 0.6) is 0 Å². The van der Waals surface area contributed by atoms with Crippen LogP contribution in [0.1, 0.15) is 19.3 Å². The van der Waals surface area contributed by atoms with E-state index in [2.05, 4.69) is 10.4 Å². The molecular weight excluding hydrogens is 196 g/mol. The number of aromatic nitrogens is 3. The first kappa shape index (κ1) is 9.95. The molecule has 0 bridgehead atoms. The van der Waals surface area contributed by atoms with E-state index in [9.17, 15) is 9.59 Å². The lowest BCUT2D eigenvalue weighted by atomic mass is 10.4. The standard InChI is InChI=1S/C9H14N4O2/c1-12-6-10-13(9(12)15)5-4-8(14)11-7-2-3-7/h6-7H,2-5H2,1H3,(H,11,14). The van der Waals surface area contributed by atoms with Crippen LogP contribution < -0.4 is 11.0 Å². The molecule has 0 spiro atoms. The molecule has 1 aliphatic rings. The molecule has 6 nitrogen and oxygen atoms in total. The highest BCUT2D eigenvalue weighted by atomic mass is 16.2. The van der Waals surface area contributed by atoms with Gasteiger partial charge in [0.25, 0.3) is 0 Å². The number of hydrogen-bond acceptors (Lipinski definition) is 3. The average Bonchev–Trinajstić information content (AvgIpc) is 2.95. The highest BCUT2D eigenvalue weighted by molar-refractivity contribution is 5.76. The summed E-state index contributed by atoms with van der Waals surface area (Å²) in [6.45, 7) is 0.345. The normalized spacial score (nSPS) is 15.3. The third-order valence-electron chi connectivity index (χ3n) is 2.38. The van der Waals surface area contributed by atoms with Crippen molar-refractivity contribution in [2.24, 2.45) is 7.05 Å². The molecule has 6 heteroatoms. The van der Waals surface area contributed by atoms with Gasteiger partial charge in [0.2, 0.25) is 5.91 Å². The summed E-state index contributed by atoms with van der Waals surface area (Å²) in [6, 6.07) is 0.373. The fourth-order valence-electron chi connectivity index (χ4n) is 1.31. The largest absolute Gasteiger partial charge is 0.353 e. The van der Waals surface area contributed by atoms with Crippen LogP contribution in [-0.4, -0.2) is 26.3 Å². The Balaban J connectivity index is 1.84. The maximum Gasteiger partial charge on any atom is 0.345 e. The minimum Gasteiger partial charge on any atom is -0.353 e. The highest BCUT2D eigenvalue weighted by Crippen LogP contribution is 2.18. The van der Waals surface area contributed by atoms with Gasteiger partial charge in [-0.3, -0.25) is 9.36 Å². The second-order valence-electron chi connectivity index (χ2n) is 3.84. The molecule has 0 aliphatic heterocycles. The first-order valence-corrected chi connectivity index (χ1v) is 5.04. The molecule has 1 saturated carbocycles. The summed E-state index contributed by atoms with van der Waals surface area (Å²) in [6.07, 6.45) is 3.92. The van der Waals surface area contributed by atoms with Crippen LogP contribution in [0.4, 0.5) is 0 Å². The van der Waals surface area contributed by atoms with Crippen molar-refractivity contribution in [1.29, 1.82) is 0 Å². The lowest BCUT2D eigenvalue weighted by Crippen LogP contribution is -2.29. The third kappa shape index (κ3) is 2.45. The zero-order valence-corrected chi connectivity index (χ0v) is 8.64. The minimum absolute atomic E-state index is 0.00458. The van der Waals surface area contributed by atoms with Gasteiger partial charge in [-0.1, -0.05) is 0 Å². The predicted molar refractivity (Wildman–Crippen MR) is 53.2 cm³/mol. The van der Waals surface area contributed by atoms with Gasteiger partial charge in [0.1, 0.15) is 6.33 Å². The number of nitrogens with one attached hydrogen (secondary N) is 1. The van der Waals surface area contributed by atoms with Crippen molar-refractivity contribution in [3.63, 3.8) is 0 Å². The SMILES string of the molecule is Cn1cnn(CCC(=O)NC2CC2)c1=O. The summed E-state index contributed by atoms with van der Waals surface area (Å²) in [5, 5.41) is 6.73. The van der Waals surface area contributed by atoms with Gasteiger partial charge >= 0.3 is 5.69 Å². The zero-order chi connectivity index (χ0) is 10.8. The van der Waals surface area contributed by atoms with Crippen LogP contribution >= 0.6 is 0 Å². The number of rotatable bonds is 4. The van der Waals surface area contributed by atoms with Crippen molar-refractivity contribution in [1.82, 2.24) is 19.7 Å². The van der Waals surface area contributed by atoms with Crippen LogP contribution in [0.25, 0.3) is 0 Å². The summed E-state index contributed by atoms with van der Waals surface area (Å²) in [4.78, 5) is 22.7. The van der Waals surface area contributed by atoms with E-state index < -0.39 is 0 Å². The molecule has 82 valence electrons. The summed E-state index contributed by atoms with van der Waals surface area (Å²) in [5.74, 6) is -0.00458. The Bertz CT molecular complexity index is 416. The molecule has 0 saturated heterocycles. The van der Waals surface area contributed by atoms with Gasteiger partial charge < -0.3 is 5.32 Å². The molecule has 15 heavy (non-hydrogen) atoms. The quantitative estimate of drug-likeness (QED) is 0.711. The summed E-state index contributed by atoms with van der Waals surface area (Å²) in [7, 11) is 1.64. The summed E-state index contributed by atoms with van der Waals surface area (Å²) < 4.78 is 2.69. The van der Waals surface area contributed by atoms with Crippen molar-refractivity contribution in [2.75, 3.05) is 0 Å². The van der Waals surface area contributed by atoms with Gasteiger partial charge in [0, 0.05) is 19.5 Å². The Morgan fingerprint density at radius 2 is 2.40 bits per heavy atom. The number of hydrogen-bond donors (Lipinski definition) is 1. The third-order valence-corrected chi connectivity index (χ3v) is 2.38. The first-order valence-electron chi connectivity index (χ1n) is 5.04. The molecular formula is C9H14N4O2. The average molecular weight is 210 g/mol. The van der Waals surface area contributed by atoms with Crippen LogP contribution in [0, 0.1) is 0 Å². The predicted octanol–water partition coefficient (Wildman–Crippen LogP) is -0.749. The molecule has 0 aromatic carbocycles. The van der Waals surface area contributed by atoms with Crippen molar-refractivity contribution < 1.29 is 4.79 Å². The van der Waals surface area contributed by atoms with E-state index in [1.807, 2.05) is 0 Å². The van der Waals surface area contributed by atoms with Crippen LogP contribution in [0.3, 0.4) is 0 Å². The molecule has 1 aromatic heterocycles. The summed E-state index contributed by atoms with van der Waals surface area (Å²) in [5.41, 5.74) is -0.186. The lowest BCUT2D eigenvalue weighted by Gasteiger charge is -2.01. The highest BCUT2D eigenvalue weighted by Gasteiger charge is 2.22. The maximum atomic E-state index is 11.3. The Morgan fingerprint density at radius 1 is 1.67 bits per heavy atom. The number of amides is 1. The Kier molecular flexibility index (Phi) is 2.57. The second-order valence-corrected chi connectivity index (χ2v) is 3.84. The molecule has 0 atom stereocenters. The fourth-order valence-corrected chi connectivity index (χ4v) is 1.31. The number of aryl methyl sites for hydroxylation is 2. The van der Waals surface area contributed by atoms with E-state index in [0.29, 0.717) is 19.0 Å². The van der Waals surface area contributed by atoms with Crippen LogP contribution in [0.2, 0.25) is 0 Å². The number of carbonyl (C=O) groups excluding carboxylic acids is 1.